The maximum atomic E-state index is 12.7. The Morgan fingerprint density at radius 1 is 1.00 bits per heavy atom. The zero-order chi connectivity index (χ0) is 19.5. The number of carbonyl (C=O) groups excluding carboxylic acids is 1. The van der Waals surface area contributed by atoms with Gasteiger partial charge in [-0.15, -0.1) is 0 Å². The van der Waals surface area contributed by atoms with Gasteiger partial charge in [-0.3, -0.25) is 4.79 Å². The molecular weight excluding hydrogens is 497 g/mol. The fourth-order valence-corrected chi connectivity index (χ4v) is 3.67. The number of imidazole rings is 1. The van der Waals surface area contributed by atoms with Gasteiger partial charge in [-0.1, -0.05) is 66.2 Å². The predicted molar refractivity (Wildman–Crippen MR) is 112 cm³/mol. The lowest BCUT2D eigenvalue weighted by Crippen LogP contribution is -3.00. The van der Waals surface area contributed by atoms with Crippen LogP contribution >= 0.6 is 11.6 Å². The van der Waals surface area contributed by atoms with Crippen molar-refractivity contribution in [2.75, 3.05) is 5.32 Å². The van der Waals surface area contributed by atoms with Crippen molar-refractivity contribution >= 4 is 34.2 Å². The van der Waals surface area contributed by atoms with Crippen molar-refractivity contribution < 1.29 is 33.3 Å². The second-order valence-corrected chi connectivity index (χ2v) is 7.23. The number of carbonyl (C=O) groups is 1. The molecule has 0 radical (unpaired) electrons. The molecule has 0 aliphatic carbocycles. The molecule has 0 bridgehead atoms. The number of hydrogen-bond donors (Lipinski definition) is 1. The van der Waals surface area contributed by atoms with Crippen LogP contribution in [0.3, 0.4) is 0 Å². The highest BCUT2D eigenvalue weighted by molar-refractivity contribution is 6.33. The van der Waals surface area contributed by atoms with Crippen LogP contribution in [0.15, 0.2) is 79.1 Å². The molecule has 1 aromatic heterocycles. The van der Waals surface area contributed by atoms with Crippen LogP contribution in [0.2, 0.25) is 5.02 Å². The van der Waals surface area contributed by atoms with Crippen LogP contribution in [0.25, 0.3) is 11.0 Å². The first-order valence-corrected chi connectivity index (χ1v) is 9.56. The molecular formula is C23H21ClIN3O. The number of halogens is 2. The van der Waals surface area contributed by atoms with Crippen LogP contribution in [0.4, 0.5) is 5.69 Å². The number of fused-ring (bicyclic) bond motifs is 1. The average Bonchev–Trinajstić information content (AvgIpc) is 3.03. The zero-order valence-corrected chi connectivity index (χ0v) is 18.9. The highest BCUT2D eigenvalue weighted by Gasteiger charge is 2.18. The van der Waals surface area contributed by atoms with Gasteiger partial charge in [0.15, 0.2) is 17.6 Å². The van der Waals surface area contributed by atoms with Crippen molar-refractivity contribution in [3.8, 4) is 0 Å². The van der Waals surface area contributed by atoms with Gasteiger partial charge in [-0.05, 0) is 36.2 Å². The Hall–Kier alpha value is -2.38. The van der Waals surface area contributed by atoms with Gasteiger partial charge in [-0.25, -0.2) is 9.13 Å². The van der Waals surface area contributed by atoms with Crippen molar-refractivity contribution in [1.29, 1.82) is 0 Å². The SMILES string of the molecule is Cc1cccc(Cl)c1NC(=O)Cn1c[n+](Cc2ccccc2)c2ccccc21.[I-]. The molecule has 4 rings (SSSR count). The van der Waals surface area contributed by atoms with E-state index in [9.17, 15) is 4.79 Å². The van der Waals surface area contributed by atoms with Gasteiger partial charge >= 0.3 is 0 Å². The quantitative estimate of drug-likeness (QED) is 0.317. The van der Waals surface area contributed by atoms with Crippen LogP contribution in [-0.2, 0) is 17.9 Å². The highest BCUT2D eigenvalue weighted by atomic mass is 127. The lowest BCUT2D eigenvalue weighted by molar-refractivity contribution is -0.663. The Kier molecular flexibility index (Phi) is 6.92. The molecule has 6 heteroatoms. The molecule has 148 valence electrons. The fraction of sp³-hybridized carbons (Fsp3) is 0.130. The Morgan fingerprint density at radius 2 is 1.72 bits per heavy atom. The van der Waals surface area contributed by atoms with E-state index in [4.69, 9.17) is 11.6 Å². The van der Waals surface area contributed by atoms with E-state index in [1.54, 1.807) is 6.07 Å². The fourth-order valence-electron chi connectivity index (χ4n) is 3.40. The number of benzene rings is 3. The second kappa shape index (κ2) is 9.41. The number of amides is 1. The van der Waals surface area contributed by atoms with Gasteiger partial charge < -0.3 is 29.3 Å². The van der Waals surface area contributed by atoms with E-state index in [0.717, 1.165) is 23.1 Å². The molecule has 0 atom stereocenters. The number of hydrogen-bond acceptors (Lipinski definition) is 1. The summed E-state index contributed by atoms with van der Waals surface area (Å²) in [6.07, 6.45) is 2.00. The lowest BCUT2D eigenvalue weighted by atomic mass is 10.2. The van der Waals surface area contributed by atoms with Crippen LogP contribution in [0.1, 0.15) is 11.1 Å². The molecule has 0 saturated carbocycles. The number of nitrogens with zero attached hydrogens (tertiary/aromatic N) is 2. The minimum Gasteiger partial charge on any atom is -1.00 e. The summed E-state index contributed by atoms with van der Waals surface area (Å²) in [4.78, 5) is 12.7. The minimum absolute atomic E-state index is 0. The monoisotopic (exact) mass is 517 g/mol. The summed E-state index contributed by atoms with van der Waals surface area (Å²) in [6, 6.07) is 24.0. The third-order valence-corrected chi connectivity index (χ3v) is 5.09. The van der Waals surface area contributed by atoms with E-state index in [1.165, 1.54) is 5.56 Å². The number of anilines is 1. The van der Waals surface area contributed by atoms with Gasteiger partial charge in [0.05, 0.1) is 10.7 Å². The first kappa shape index (κ1) is 21.3. The van der Waals surface area contributed by atoms with Crippen LogP contribution in [0, 0.1) is 6.92 Å². The molecule has 0 aliphatic heterocycles. The Balaban J connectivity index is 0.00000240. The Labute approximate surface area is 192 Å². The Morgan fingerprint density at radius 3 is 2.48 bits per heavy atom. The van der Waals surface area contributed by atoms with Crippen molar-refractivity contribution in [1.82, 2.24) is 4.57 Å². The molecule has 29 heavy (non-hydrogen) atoms. The number of nitrogens with one attached hydrogen (secondary N) is 1. The summed E-state index contributed by atoms with van der Waals surface area (Å²) in [5, 5.41) is 3.50. The molecule has 4 nitrogen and oxygen atoms in total. The maximum Gasteiger partial charge on any atom is 0.266 e. The largest absolute Gasteiger partial charge is 1.00 e. The third kappa shape index (κ3) is 4.79. The first-order valence-electron chi connectivity index (χ1n) is 9.18. The molecule has 0 unspecified atom stereocenters. The average molecular weight is 518 g/mol. The molecule has 1 N–H and O–H groups in total. The summed E-state index contributed by atoms with van der Waals surface area (Å²) in [7, 11) is 0. The molecule has 0 fully saturated rings. The molecule has 0 saturated heterocycles. The van der Waals surface area contributed by atoms with Crippen molar-refractivity contribution in [2.24, 2.45) is 0 Å². The van der Waals surface area contributed by atoms with E-state index in [2.05, 4.69) is 28.1 Å². The first-order chi connectivity index (χ1) is 13.6. The maximum absolute atomic E-state index is 12.7. The summed E-state index contributed by atoms with van der Waals surface area (Å²) < 4.78 is 4.14. The van der Waals surface area contributed by atoms with Gasteiger partial charge in [-0.2, -0.15) is 0 Å². The number of aromatic nitrogens is 2. The van der Waals surface area contributed by atoms with Crippen LogP contribution in [0.5, 0.6) is 0 Å². The van der Waals surface area contributed by atoms with E-state index >= 15 is 0 Å². The summed E-state index contributed by atoms with van der Waals surface area (Å²) in [6.45, 7) is 2.90. The molecule has 4 aromatic rings. The third-order valence-electron chi connectivity index (χ3n) is 4.78. The van der Waals surface area contributed by atoms with E-state index in [1.807, 2.05) is 66.3 Å². The summed E-state index contributed by atoms with van der Waals surface area (Å²) in [5.74, 6) is -0.108. The van der Waals surface area contributed by atoms with Gasteiger partial charge in [0, 0.05) is 0 Å². The number of aryl methyl sites for hydroxylation is 1. The van der Waals surface area contributed by atoms with Crippen molar-refractivity contribution in [3.63, 3.8) is 0 Å². The van der Waals surface area contributed by atoms with E-state index < -0.39 is 0 Å². The van der Waals surface area contributed by atoms with Gasteiger partial charge in [0.1, 0.15) is 6.54 Å². The van der Waals surface area contributed by atoms with Crippen LogP contribution < -0.4 is 33.9 Å². The molecule has 1 amide bonds. The number of para-hydroxylation sites is 3. The zero-order valence-electron chi connectivity index (χ0n) is 16.0. The molecule has 1 heterocycles. The number of rotatable bonds is 5. The molecule has 0 spiro atoms. The van der Waals surface area contributed by atoms with E-state index in [0.29, 0.717) is 10.7 Å². The summed E-state index contributed by atoms with van der Waals surface area (Å²) >= 11 is 6.24. The molecule has 3 aromatic carbocycles. The Bertz CT molecular complexity index is 1120. The minimum atomic E-state index is -0.108. The normalized spacial score (nSPS) is 10.6. The molecule has 0 aliphatic rings. The van der Waals surface area contributed by atoms with Gasteiger partial charge in [0.2, 0.25) is 6.33 Å². The lowest BCUT2D eigenvalue weighted by Gasteiger charge is -2.09. The van der Waals surface area contributed by atoms with Crippen LogP contribution in [-0.4, -0.2) is 10.5 Å². The highest BCUT2D eigenvalue weighted by Crippen LogP contribution is 2.25. The van der Waals surface area contributed by atoms with E-state index in [-0.39, 0.29) is 36.4 Å². The predicted octanol–water partition coefficient (Wildman–Crippen LogP) is 1.58. The van der Waals surface area contributed by atoms with Gasteiger partial charge in [0.25, 0.3) is 5.91 Å². The standard InChI is InChI=1S/C23H20ClN3O.HI/c1-17-8-7-11-19(24)23(17)25-22(28)15-27-16-26(14-18-9-3-2-4-10-18)20-12-5-6-13-21(20)27;/h2-13,16H,14-15H2,1H3;1H. The second-order valence-electron chi connectivity index (χ2n) is 6.83. The topological polar surface area (TPSA) is 37.9 Å². The summed E-state index contributed by atoms with van der Waals surface area (Å²) in [5.41, 5.74) is 4.93. The van der Waals surface area contributed by atoms with Crippen molar-refractivity contribution in [3.05, 3.63) is 95.3 Å². The smallest absolute Gasteiger partial charge is 0.266 e. The van der Waals surface area contributed by atoms with Crippen molar-refractivity contribution in [2.45, 2.75) is 20.0 Å².